The molecule has 0 aromatic carbocycles. The van der Waals surface area contributed by atoms with Crippen LogP contribution in [0.25, 0.3) is 0 Å². The second kappa shape index (κ2) is 17.5. The summed E-state index contributed by atoms with van der Waals surface area (Å²) in [5, 5.41) is 2.93. The predicted molar refractivity (Wildman–Crippen MR) is 115 cm³/mol. The van der Waals surface area contributed by atoms with Gasteiger partial charge in [0.05, 0.1) is 12.2 Å². The molecule has 0 saturated carbocycles. The molecular formula is C24H38N2O. The highest BCUT2D eigenvalue weighted by Gasteiger charge is 2.01. The molecule has 150 valence electrons. The van der Waals surface area contributed by atoms with Crippen LogP contribution >= 0.6 is 0 Å². The Morgan fingerprint density at radius 2 is 1.63 bits per heavy atom. The number of amides is 1. The van der Waals surface area contributed by atoms with E-state index in [0.29, 0.717) is 13.0 Å². The Morgan fingerprint density at radius 3 is 2.33 bits per heavy atom. The second-order valence-corrected chi connectivity index (χ2v) is 7.08. The Bertz CT molecular complexity index is 522. The predicted octanol–water partition coefficient (Wildman–Crippen LogP) is 6.51. The first-order valence-electron chi connectivity index (χ1n) is 10.8. The maximum absolute atomic E-state index is 11.8. The molecule has 1 N–H and O–H groups in total. The Labute approximate surface area is 166 Å². The molecule has 0 radical (unpaired) electrons. The van der Waals surface area contributed by atoms with Crippen molar-refractivity contribution in [2.75, 3.05) is 0 Å². The highest BCUT2D eigenvalue weighted by molar-refractivity contribution is 5.75. The van der Waals surface area contributed by atoms with Crippen molar-refractivity contribution in [2.45, 2.75) is 90.5 Å². The zero-order chi connectivity index (χ0) is 19.4. The lowest BCUT2D eigenvalue weighted by Gasteiger charge is -2.04. The van der Waals surface area contributed by atoms with Crippen molar-refractivity contribution < 1.29 is 4.79 Å². The molecule has 0 spiro atoms. The van der Waals surface area contributed by atoms with Crippen LogP contribution in [0.3, 0.4) is 0 Å². The number of rotatable bonds is 16. The van der Waals surface area contributed by atoms with E-state index >= 15 is 0 Å². The number of nitrogens with one attached hydrogen (secondary N) is 1. The van der Waals surface area contributed by atoms with Crippen LogP contribution in [0.4, 0.5) is 0 Å². The van der Waals surface area contributed by atoms with Crippen molar-refractivity contribution in [1.82, 2.24) is 10.3 Å². The molecule has 3 nitrogen and oxygen atoms in total. The van der Waals surface area contributed by atoms with Crippen molar-refractivity contribution in [1.29, 1.82) is 0 Å². The van der Waals surface area contributed by atoms with E-state index in [1.54, 1.807) is 6.20 Å². The van der Waals surface area contributed by atoms with Crippen molar-refractivity contribution in [2.24, 2.45) is 0 Å². The largest absolute Gasteiger partial charge is 0.350 e. The Kier molecular flexibility index (Phi) is 15.0. The summed E-state index contributed by atoms with van der Waals surface area (Å²) in [6.45, 7) is 2.77. The van der Waals surface area contributed by atoms with Gasteiger partial charge in [0.15, 0.2) is 0 Å². The molecule has 0 aliphatic rings. The van der Waals surface area contributed by atoms with Gasteiger partial charge >= 0.3 is 0 Å². The van der Waals surface area contributed by atoms with E-state index in [-0.39, 0.29) is 5.91 Å². The topological polar surface area (TPSA) is 42.0 Å². The van der Waals surface area contributed by atoms with Crippen LogP contribution in [0, 0.1) is 0 Å². The Morgan fingerprint density at radius 1 is 0.926 bits per heavy atom. The zero-order valence-electron chi connectivity index (χ0n) is 17.2. The molecule has 1 aromatic heterocycles. The molecule has 0 fully saturated rings. The Balaban J connectivity index is 1.85. The van der Waals surface area contributed by atoms with Crippen LogP contribution < -0.4 is 5.32 Å². The normalized spacial score (nSPS) is 11.4. The number of hydrogen-bond donors (Lipinski definition) is 1. The monoisotopic (exact) mass is 370 g/mol. The van der Waals surface area contributed by atoms with Gasteiger partial charge in [0.1, 0.15) is 0 Å². The van der Waals surface area contributed by atoms with E-state index < -0.39 is 0 Å². The number of nitrogens with zero attached hydrogens (tertiary/aromatic N) is 1. The first-order valence-corrected chi connectivity index (χ1v) is 10.8. The number of carbonyl (C=O) groups excluding carboxylic acids is 1. The fraction of sp³-hybridized carbons (Fsp3) is 0.583. The molecule has 0 bridgehead atoms. The van der Waals surface area contributed by atoms with Crippen LogP contribution in [0.2, 0.25) is 0 Å². The lowest BCUT2D eigenvalue weighted by atomic mass is 10.1. The van der Waals surface area contributed by atoms with E-state index in [1.165, 1.54) is 51.4 Å². The number of pyridine rings is 1. The van der Waals surface area contributed by atoms with Crippen molar-refractivity contribution in [3.8, 4) is 0 Å². The number of aromatic nitrogens is 1. The summed E-state index contributed by atoms with van der Waals surface area (Å²) in [5.41, 5.74) is 0.908. The third kappa shape index (κ3) is 14.9. The fourth-order valence-corrected chi connectivity index (χ4v) is 2.88. The van der Waals surface area contributed by atoms with Crippen LogP contribution in [0.5, 0.6) is 0 Å². The van der Waals surface area contributed by atoms with Crippen LogP contribution in [-0.2, 0) is 11.3 Å². The molecule has 3 heteroatoms. The quantitative estimate of drug-likeness (QED) is 0.266. The van der Waals surface area contributed by atoms with Gasteiger partial charge in [0, 0.05) is 12.6 Å². The SMILES string of the molecule is CCCCC/C=C\C/C=C\CCCCCCCC(=O)NCc1ccccn1. The maximum atomic E-state index is 11.8. The molecule has 1 heterocycles. The minimum absolute atomic E-state index is 0.131. The molecular weight excluding hydrogens is 332 g/mol. The summed E-state index contributed by atoms with van der Waals surface area (Å²) < 4.78 is 0. The molecule has 27 heavy (non-hydrogen) atoms. The van der Waals surface area contributed by atoms with Gasteiger partial charge in [-0.1, -0.05) is 69.4 Å². The smallest absolute Gasteiger partial charge is 0.220 e. The summed E-state index contributed by atoms with van der Waals surface area (Å²) in [7, 11) is 0. The van der Waals surface area contributed by atoms with Gasteiger partial charge in [-0.05, 0) is 50.7 Å². The van der Waals surface area contributed by atoms with E-state index in [4.69, 9.17) is 0 Å². The van der Waals surface area contributed by atoms with Gasteiger partial charge in [-0.25, -0.2) is 0 Å². The molecule has 1 aromatic rings. The molecule has 0 atom stereocenters. The number of carbonyl (C=O) groups is 1. The van der Waals surface area contributed by atoms with E-state index in [1.807, 2.05) is 18.2 Å². The van der Waals surface area contributed by atoms with Crippen molar-refractivity contribution in [3.63, 3.8) is 0 Å². The van der Waals surface area contributed by atoms with Gasteiger partial charge in [0.2, 0.25) is 5.91 Å². The van der Waals surface area contributed by atoms with Gasteiger partial charge in [-0.3, -0.25) is 9.78 Å². The molecule has 0 aliphatic heterocycles. The van der Waals surface area contributed by atoms with Gasteiger partial charge in [-0.2, -0.15) is 0 Å². The summed E-state index contributed by atoms with van der Waals surface area (Å²) >= 11 is 0. The molecule has 1 rings (SSSR count). The van der Waals surface area contributed by atoms with E-state index in [9.17, 15) is 4.79 Å². The average Bonchev–Trinajstić information content (AvgIpc) is 2.70. The van der Waals surface area contributed by atoms with Gasteiger partial charge in [-0.15, -0.1) is 0 Å². The average molecular weight is 371 g/mol. The summed E-state index contributed by atoms with van der Waals surface area (Å²) in [6.07, 6.45) is 24.8. The van der Waals surface area contributed by atoms with Gasteiger partial charge < -0.3 is 5.32 Å². The second-order valence-electron chi connectivity index (χ2n) is 7.08. The van der Waals surface area contributed by atoms with Crippen molar-refractivity contribution >= 4 is 5.91 Å². The highest BCUT2D eigenvalue weighted by atomic mass is 16.1. The molecule has 1 amide bonds. The maximum Gasteiger partial charge on any atom is 0.220 e. The number of unbranched alkanes of at least 4 members (excludes halogenated alkanes) is 8. The highest BCUT2D eigenvalue weighted by Crippen LogP contribution is 2.08. The van der Waals surface area contributed by atoms with Crippen molar-refractivity contribution in [3.05, 3.63) is 54.4 Å². The van der Waals surface area contributed by atoms with Crippen LogP contribution in [-0.4, -0.2) is 10.9 Å². The third-order valence-electron chi connectivity index (χ3n) is 4.55. The first-order chi connectivity index (χ1) is 13.3. The minimum atomic E-state index is 0.131. The summed E-state index contributed by atoms with van der Waals surface area (Å²) in [5.74, 6) is 0.131. The summed E-state index contributed by atoms with van der Waals surface area (Å²) in [6, 6.07) is 5.75. The third-order valence-corrected chi connectivity index (χ3v) is 4.55. The van der Waals surface area contributed by atoms with E-state index in [0.717, 1.165) is 25.0 Å². The fourth-order valence-electron chi connectivity index (χ4n) is 2.88. The zero-order valence-corrected chi connectivity index (χ0v) is 17.2. The molecule has 0 saturated heterocycles. The minimum Gasteiger partial charge on any atom is -0.350 e. The lowest BCUT2D eigenvalue weighted by Crippen LogP contribution is -2.22. The van der Waals surface area contributed by atoms with Gasteiger partial charge in [0.25, 0.3) is 0 Å². The lowest BCUT2D eigenvalue weighted by molar-refractivity contribution is -0.121. The first kappa shape index (κ1) is 23.1. The molecule has 0 unspecified atom stereocenters. The molecule has 0 aliphatic carbocycles. The number of hydrogen-bond acceptors (Lipinski definition) is 2. The number of allylic oxidation sites excluding steroid dienone is 4. The summed E-state index contributed by atoms with van der Waals surface area (Å²) in [4.78, 5) is 16.0. The van der Waals surface area contributed by atoms with Crippen LogP contribution in [0.15, 0.2) is 48.7 Å². The van der Waals surface area contributed by atoms with Crippen LogP contribution in [0.1, 0.15) is 89.7 Å². The van der Waals surface area contributed by atoms with E-state index in [2.05, 4.69) is 41.5 Å². The Hall–Kier alpha value is -1.90. The standard InChI is InChI=1S/C24H38N2O/c1-2-3-4-5-6-7-8-9-10-11-12-13-14-15-16-20-24(27)26-22-23-19-17-18-21-25-23/h6-7,9-10,17-19,21H,2-5,8,11-16,20,22H2,1H3,(H,26,27)/b7-6-,10-9-.